The van der Waals surface area contributed by atoms with Crippen LogP contribution in [0.1, 0.15) is 0 Å². The molecule has 0 radical (unpaired) electrons. The lowest BCUT2D eigenvalue weighted by molar-refractivity contribution is 0.477. The van der Waals surface area contributed by atoms with E-state index in [1.807, 2.05) is 18.2 Å². The zero-order valence-electron chi connectivity index (χ0n) is 27.8. The van der Waals surface area contributed by atoms with Crippen LogP contribution < -0.4 is 14.5 Å². The molecule has 0 unspecified atom stereocenters. The minimum absolute atomic E-state index is 0.834. The molecule has 1 aliphatic rings. The van der Waals surface area contributed by atoms with Crippen LogP contribution in [0, 0.1) is 0 Å². The third-order valence-electron chi connectivity index (χ3n) is 10.0. The summed E-state index contributed by atoms with van der Waals surface area (Å²) in [6, 6.07) is 69.1. The van der Waals surface area contributed by atoms with E-state index in [2.05, 4.69) is 186 Å². The fourth-order valence-corrected chi connectivity index (χ4v) is 7.65. The van der Waals surface area contributed by atoms with Crippen LogP contribution in [0.15, 0.2) is 194 Å². The second-order valence-corrected chi connectivity index (χ2v) is 13.0. The Hall–Kier alpha value is -6.84. The fraction of sp³-hybridized carbons (Fsp3) is 0. The summed E-state index contributed by atoms with van der Waals surface area (Å²) in [6.45, 7) is 0. The molecule has 9 aromatic rings. The van der Waals surface area contributed by atoms with Gasteiger partial charge in [0.1, 0.15) is 0 Å². The van der Waals surface area contributed by atoms with E-state index in [-0.39, 0.29) is 0 Å². The number of hydrogen-bond acceptors (Lipinski definition) is 3. The maximum Gasteiger partial charge on any atom is 0.152 e. The second kappa shape index (κ2) is 11.9. The molecule has 240 valence electrons. The van der Waals surface area contributed by atoms with Crippen LogP contribution in [-0.2, 0) is 0 Å². The van der Waals surface area contributed by atoms with Gasteiger partial charge in [-0.2, -0.15) is 0 Å². The summed E-state index contributed by atoms with van der Waals surface area (Å²) in [5.41, 5.74) is 8.69. The van der Waals surface area contributed by atoms with Gasteiger partial charge in [0.2, 0.25) is 0 Å². The number of anilines is 6. The summed E-state index contributed by atoms with van der Waals surface area (Å²) >= 11 is 0. The van der Waals surface area contributed by atoms with E-state index in [9.17, 15) is 0 Å². The summed E-state index contributed by atoms with van der Waals surface area (Å²) < 4.78 is 6.51. The quantitative estimate of drug-likeness (QED) is 0.172. The Bertz CT molecular complexity index is 2690. The molecule has 0 aromatic heterocycles. The minimum atomic E-state index is 0.834. The second-order valence-electron chi connectivity index (χ2n) is 13.0. The number of para-hydroxylation sites is 4. The molecular formula is C48H32N2O. The lowest BCUT2D eigenvalue weighted by Gasteiger charge is -2.33. The molecule has 0 saturated heterocycles. The molecule has 1 heterocycles. The van der Waals surface area contributed by atoms with Crippen molar-refractivity contribution in [2.75, 3.05) is 9.80 Å². The molecule has 1 aliphatic heterocycles. The van der Waals surface area contributed by atoms with Gasteiger partial charge in [-0.05, 0) is 116 Å². The summed E-state index contributed by atoms with van der Waals surface area (Å²) in [5.74, 6) is 1.68. The van der Waals surface area contributed by atoms with E-state index in [4.69, 9.17) is 4.74 Å². The van der Waals surface area contributed by atoms with Crippen LogP contribution in [0.5, 0.6) is 11.5 Å². The van der Waals surface area contributed by atoms with Crippen molar-refractivity contribution in [1.82, 2.24) is 0 Å². The molecule has 3 nitrogen and oxygen atoms in total. The molecule has 0 aliphatic carbocycles. The standard InChI is InChI=1S/C48H32N2O/c1-3-13-35(14-4-1)49(38-28-29-43-41-19-8-7-17-39(41)40-18-9-10-20-42(40)44(43)32-38)37-26-23-33(24-27-37)34-25-30-46-48(31-34)51-47-22-12-11-21-45(47)50(46)36-15-5-2-6-16-36/h1-32H. The molecule has 0 N–H and O–H groups in total. The monoisotopic (exact) mass is 652 g/mol. The topological polar surface area (TPSA) is 15.7 Å². The minimum Gasteiger partial charge on any atom is -0.453 e. The Morgan fingerprint density at radius 3 is 1.55 bits per heavy atom. The average molecular weight is 653 g/mol. The third kappa shape index (κ3) is 4.90. The van der Waals surface area contributed by atoms with Gasteiger partial charge in [0.25, 0.3) is 0 Å². The number of ether oxygens (including phenoxy) is 1. The van der Waals surface area contributed by atoms with Gasteiger partial charge in [-0.3, -0.25) is 0 Å². The first kappa shape index (κ1) is 29.1. The van der Waals surface area contributed by atoms with Crippen molar-refractivity contribution in [3.8, 4) is 22.6 Å². The van der Waals surface area contributed by atoms with Crippen LogP contribution in [0.25, 0.3) is 43.4 Å². The van der Waals surface area contributed by atoms with Gasteiger partial charge in [-0.25, -0.2) is 0 Å². The average Bonchev–Trinajstić information content (AvgIpc) is 3.21. The van der Waals surface area contributed by atoms with Crippen LogP contribution in [0.2, 0.25) is 0 Å². The van der Waals surface area contributed by atoms with E-state index in [0.717, 1.165) is 56.8 Å². The summed E-state index contributed by atoms with van der Waals surface area (Å²) in [7, 11) is 0. The first-order chi connectivity index (χ1) is 25.3. The van der Waals surface area contributed by atoms with Crippen molar-refractivity contribution < 1.29 is 4.74 Å². The molecule has 0 spiro atoms. The first-order valence-electron chi connectivity index (χ1n) is 17.4. The van der Waals surface area contributed by atoms with Crippen LogP contribution >= 0.6 is 0 Å². The lowest BCUT2D eigenvalue weighted by Crippen LogP contribution is -2.15. The largest absolute Gasteiger partial charge is 0.453 e. The Morgan fingerprint density at radius 2 is 0.843 bits per heavy atom. The van der Waals surface area contributed by atoms with Gasteiger partial charge in [0.15, 0.2) is 11.5 Å². The molecule has 3 heteroatoms. The third-order valence-corrected chi connectivity index (χ3v) is 10.0. The number of benzene rings is 9. The maximum atomic E-state index is 6.51. The van der Waals surface area contributed by atoms with Crippen LogP contribution in [0.4, 0.5) is 34.1 Å². The van der Waals surface area contributed by atoms with Gasteiger partial charge in [0, 0.05) is 22.7 Å². The van der Waals surface area contributed by atoms with E-state index in [0.29, 0.717) is 0 Å². The number of fused-ring (bicyclic) bond motifs is 8. The Kier molecular flexibility index (Phi) is 6.81. The van der Waals surface area contributed by atoms with Crippen molar-refractivity contribution in [3.63, 3.8) is 0 Å². The van der Waals surface area contributed by atoms with Gasteiger partial charge in [-0.1, -0.05) is 121 Å². The van der Waals surface area contributed by atoms with Crippen LogP contribution in [0.3, 0.4) is 0 Å². The molecule has 9 aromatic carbocycles. The molecule has 0 fully saturated rings. The predicted octanol–water partition coefficient (Wildman–Crippen LogP) is 13.9. The van der Waals surface area contributed by atoms with Crippen molar-refractivity contribution in [2.45, 2.75) is 0 Å². The number of nitrogens with zero attached hydrogens (tertiary/aromatic N) is 2. The van der Waals surface area contributed by atoms with Gasteiger partial charge < -0.3 is 14.5 Å². The van der Waals surface area contributed by atoms with Crippen molar-refractivity contribution in [3.05, 3.63) is 194 Å². The van der Waals surface area contributed by atoms with E-state index >= 15 is 0 Å². The SMILES string of the molecule is c1ccc(N(c2ccc(-c3ccc4c(c3)Oc3ccccc3N4c3ccccc3)cc2)c2ccc3c4ccccc4c4ccccc4c3c2)cc1. The highest BCUT2D eigenvalue weighted by Gasteiger charge is 2.26. The molecule has 51 heavy (non-hydrogen) atoms. The summed E-state index contributed by atoms with van der Waals surface area (Å²) in [4.78, 5) is 4.62. The van der Waals surface area contributed by atoms with Gasteiger partial charge >= 0.3 is 0 Å². The highest BCUT2D eigenvalue weighted by Crippen LogP contribution is 2.51. The first-order valence-corrected chi connectivity index (χ1v) is 17.4. The smallest absolute Gasteiger partial charge is 0.152 e. The number of rotatable bonds is 5. The van der Waals surface area contributed by atoms with E-state index in [1.165, 1.54) is 32.3 Å². The summed E-state index contributed by atoms with van der Waals surface area (Å²) in [5, 5.41) is 7.61. The Labute approximate surface area is 296 Å². The fourth-order valence-electron chi connectivity index (χ4n) is 7.65. The molecule has 0 bridgehead atoms. The van der Waals surface area contributed by atoms with Crippen LogP contribution in [-0.4, -0.2) is 0 Å². The zero-order valence-corrected chi connectivity index (χ0v) is 27.8. The predicted molar refractivity (Wildman–Crippen MR) is 214 cm³/mol. The Balaban J connectivity index is 1.06. The normalized spacial score (nSPS) is 12.0. The van der Waals surface area contributed by atoms with E-state index < -0.39 is 0 Å². The van der Waals surface area contributed by atoms with Crippen molar-refractivity contribution in [2.24, 2.45) is 0 Å². The molecule has 0 amide bonds. The lowest BCUT2D eigenvalue weighted by atomic mass is 9.94. The van der Waals surface area contributed by atoms with Crippen molar-refractivity contribution >= 4 is 66.4 Å². The van der Waals surface area contributed by atoms with E-state index in [1.54, 1.807) is 0 Å². The highest BCUT2D eigenvalue weighted by molar-refractivity contribution is 6.25. The molecule has 10 rings (SSSR count). The van der Waals surface area contributed by atoms with Gasteiger partial charge in [-0.15, -0.1) is 0 Å². The number of hydrogen-bond donors (Lipinski definition) is 0. The zero-order chi connectivity index (χ0) is 33.7. The maximum absolute atomic E-state index is 6.51. The molecule has 0 saturated carbocycles. The molecular weight excluding hydrogens is 621 g/mol. The highest BCUT2D eigenvalue weighted by atomic mass is 16.5. The Morgan fingerprint density at radius 1 is 0.333 bits per heavy atom. The summed E-state index contributed by atoms with van der Waals surface area (Å²) in [6.07, 6.45) is 0. The van der Waals surface area contributed by atoms with Gasteiger partial charge in [0.05, 0.1) is 11.4 Å². The van der Waals surface area contributed by atoms with Crippen molar-refractivity contribution in [1.29, 1.82) is 0 Å². The molecule has 0 atom stereocenters.